The third-order valence-electron chi connectivity index (χ3n) is 4.24. The number of phenols is 1. The maximum atomic E-state index is 12.8. The molecule has 1 aliphatic rings. The minimum atomic E-state index is -1.30. The monoisotopic (exact) mass is 382 g/mol. The zero-order valence-corrected chi connectivity index (χ0v) is 15.5. The van der Waals surface area contributed by atoms with Gasteiger partial charge in [-0.3, -0.25) is 4.79 Å². The van der Waals surface area contributed by atoms with Gasteiger partial charge < -0.3 is 19.7 Å². The maximum absolute atomic E-state index is 12.8. The number of aromatic carboxylic acids is 1. The van der Waals surface area contributed by atoms with Crippen LogP contribution in [0.4, 0.5) is 5.69 Å². The van der Waals surface area contributed by atoms with Crippen LogP contribution in [-0.4, -0.2) is 42.0 Å². The molecular weight excluding hydrogens is 364 g/mol. The fourth-order valence-corrected chi connectivity index (χ4v) is 2.80. The van der Waals surface area contributed by atoms with Gasteiger partial charge in [0.1, 0.15) is 11.3 Å². The van der Waals surface area contributed by atoms with Gasteiger partial charge in [-0.15, -0.1) is 0 Å². The molecule has 0 saturated heterocycles. The van der Waals surface area contributed by atoms with Gasteiger partial charge in [-0.1, -0.05) is 6.07 Å². The summed E-state index contributed by atoms with van der Waals surface area (Å²) in [7, 11) is 3.06. The number of ether oxygens (including phenoxy) is 2. The van der Waals surface area contributed by atoms with Crippen molar-refractivity contribution < 1.29 is 29.3 Å². The van der Waals surface area contributed by atoms with Crippen molar-refractivity contribution in [3.8, 4) is 17.2 Å². The first-order chi connectivity index (χ1) is 13.3. The average Bonchev–Trinajstić information content (AvgIpc) is 2.96. The van der Waals surface area contributed by atoms with Crippen molar-refractivity contribution >= 4 is 29.4 Å². The van der Waals surface area contributed by atoms with Gasteiger partial charge >= 0.3 is 5.97 Å². The predicted molar refractivity (Wildman–Crippen MR) is 103 cm³/mol. The van der Waals surface area contributed by atoms with E-state index in [0.29, 0.717) is 28.3 Å². The van der Waals surface area contributed by atoms with E-state index in [0.717, 1.165) is 5.01 Å². The zero-order valence-electron chi connectivity index (χ0n) is 15.5. The highest BCUT2D eigenvalue weighted by Gasteiger charge is 2.29. The molecule has 0 bridgehead atoms. The second-order valence-corrected chi connectivity index (χ2v) is 5.98. The molecule has 8 heteroatoms. The van der Waals surface area contributed by atoms with Crippen molar-refractivity contribution in [2.45, 2.75) is 6.92 Å². The Labute approximate surface area is 160 Å². The average molecular weight is 382 g/mol. The highest BCUT2D eigenvalue weighted by atomic mass is 16.5. The number of hydrogen-bond donors (Lipinski definition) is 2. The second-order valence-electron chi connectivity index (χ2n) is 5.98. The van der Waals surface area contributed by atoms with Gasteiger partial charge in [-0.2, -0.15) is 10.1 Å². The van der Waals surface area contributed by atoms with E-state index in [9.17, 15) is 14.7 Å². The van der Waals surface area contributed by atoms with E-state index in [1.54, 1.807) is 31.2 Å². The van der Waals surface area contributed by atoms with E-state index >= 15 is 0 Å². The van der Waals surface area contributed by atoms with Crippen LogP contribution in [0.1, 0.15) is 22.8 Å². The molecule has 2 N–H and O–H groups in total. The zero-order chi connectivity index (χ0) is 20.4. The Balaban J connectivity index is 1.96. The second kappa shape index (κ2) is 7.43. The third kappa shape index (κ3) is 3.39. The Morgan fingerprint density at radius 3 is 2.46 bits per heavy atom. The lowest BCUT2D eigenvalue weighted by molar-refractivity contribution is -0.114. The SMILES string of the molecule is COc1ccc(/C=C2\C(=O)N(c3ccc(O)c(C(=O)O)c3)N=C2C)cc1OC. The number of amides is 1. The highest BCUT2D eigenvalue weighted by Crippen LogP contribution is 2.31. The molecule has 2 aromatic carbocycles. The first-order valence-corrected chi connectivity index (χ1v) is 8.25. The summed E-state index contributed by atoms with van der Waals surface area (Å²) in [6.07, 6.45) is 1.67. The van der Waals surface area contributed by atoms with Crippen LogP contribution in [0, 0.1) is 0 Å². The summed E-state index contributed by atoms with van der Waals surface area (Å²) in [5.74, 6) is -0.995. The molecule has 0 aliphatic carbocycles. The molecule has 28 heavy (non-hydrogen) atoms. The van der Waals surface area contributed by atoms with E-state index in [4.69, 9.17) is 14.6 Å². The Morgan fingerprint density at radius 1 is 1.11 bits per heavy atom. The topological polar surface area (TPSA) is 109 Å². The van der Waals surface area contributed by atoms with Crippen LogP contribution in [0.5, 0.6) is 17.2 Å². The standard InChI is InChI=1S/C20H18N2O6/c1-11-14(8-12-4-7-17(27-2)18(9-12)28-3)19(24)22(21-11)13-5-6-16(23)15(10-13)20(25)26/h4-10,23H,1-3H3,(H,25,26)/b14-8-. The summed E-state index contributed by atoms with van der Waals surface area (Å²) >= 11 is 0. The number of carbonyl (C=O) groups excluding carboxylic acids is 1. The summed E-state index contributed by atoms with van der Waals surface area (Å²) in [5, 5.41) is 24.1. The van der Waals surface area contributed by atoms with Crippen LogP contribution >= 0.6 is 0 Å². The molecule has 8 nitrogen and oxygen atoms in total. The van der Waals surface area contributed by atoms with Crippen LogP contribution in [0.3, 0.4) is 0 Å². The van der Waals surface area contributed by atoms with Crippen LogP contribution in [0.15, 0.2) is 47.1 Å². The van der Waals surface area contributed by atoms with E-state index in [2.05, 4.69) is 5.10 Å². The van der Waals surface area contributed by atoms with E-state index in [1.165, 1.54) is 32.4 Å². The molecule has 1 heterocycles. The largest absolute Gasteiger partial charge is 0.507 e. The number of hydrogen-bond acceptors (Lipinski definition) is 6. The normalized spacial score (nSPS) is 15.0. The first-order valence-electron chi connectivity index (χ1n) is 8.25. The molecule has 3 rings (SSSR count). The summed E-state index contributed by atoms with van der Waals surface area (Å²) in [6.45, 7) is 1.68. The minimum absolute atomic E-state index is 0.246. The molecular formula is C20H18N2O6. The van der Waals surface area contributed by atoms with Crippen LogP contribution < -0.4 is 14.5 Å². The Hall–Kier alpha value is -3.81. The lowest BCUT2D eigenvalue weighted by Crippen LogP contribution is -2.21. The molecule has 144 valence electrons. The van der Waals surface area contributed by atoms with Crippen LogP contribution in [0.25, 0.3) is 6.08 Å². The lowest BCUT2D eigenvalue weighted by Gasteiger charge is -2.13. The van der Waals surface area contributed by atoms with Crippen molar-refractivity contribution in [2.24, 2.45) is 5.10 Å². The minimum Gasteiger partial charge on any atom is -0.507 e. The van der Waals surface area contributed by atoms with E-state index in [1.807, 2.05) is 0 Å². The third-order valence-corrected chi connectivity index (χ3v) is 4.24. The highest BCUT2D eigenvalue weighted by molar-refractivity contribution is 6.32. The molecule has 0 unspecified atom stereocenters. The number of carbonyl (C=O) groups is 2. The van der Waals surface area contributed by atoms with Crippen molar-refractivity contribution in [3.63, 3.8) is 0 Å². The Kier molecular flexibility index (Phi) is 5.04. The van der Waals surface area contributed by atoms with Gasteiger partial charge in [0.2, 0.25) is 0 Å². The number of nitrogens with zero attached hydrogens (tertiary/aromatic N) is 2. The fraction of sp³-hybridized carbons (Fsp3) is 0.150. The molecule has 0 radical (unpaired) electrons. The molecule has 1 aliphatic heterocycles. The summed E-state index contributed by atoms with van der Waals surface area (Å²) in [6, 6.07) is 9.08. The van der Waals surface area contributed by atoms with Gasteiger partial charge in [-0.25, -0.2) is 4.79 Å². The Morgan fingerprint density at radius 2 is 1.82 bits per heavy atom. The molecule has 0 atom stereocenters. The van der Waals surface area contributed by atoms with Gasteiger partial charge in [0.05, 0.1) is 31.2 Å². The summed E-state index contributed by atoms with van der Waals surface area (Å²) in [4.78, 5) is 24.1. The van der Waals surface area contributed by atoms with E-state index < -0.39 is 11.9 Å². The molecule has 0 saturated carbocycles. The molecule has 2 aromatic rings. The van der Waals surface area contributed by atoms with Crippen molar-refractivity contribution in [1.29, 1.82) is 0 Å². The molecule has 1 amide bonds. The van der Waals surface area contributed by atoms with Gasteiger partial charge in [0.25, 0.3) is 5.91 Å². The number of aromatic hydroxyl groups is 1. The molecule has 0 aromatic heterocycles. The van der Waals surface area contributed by atoms with Crippen LogP contribution in [0.2, 0.25) is 0 Å². The Bertz CT molecular complexity index is 1030. The summed E-state index contributed by atoms with van der Waals surface area (Å²) < 4.78 is 10.5. The van der Waals surface area contributed by atoms with Gasteiger partial charge in [-0.05, 0) is 48.9 Å². The number of methoxy groups -OCH3 is 2. The van der Waals surface area contributed by atoms with Gasteiger partial charge in [0.15, 0.2) is 11.5 Å². The molecule has 0 fully saturated rings. The number of rotatable bonds is 5. The van der Waals surface area contributed by atoms with Crippen LogP contribution in [-0.2, 0) is 4.79 Å². The molecule has 0 spiro atoms. The lowest BCUT2D eigenvalue weighted by atomic mass is 10.1. The number of hydrazone groups is 1. The quantitative estimate of drug-likeness (QED) is 0.770. The van der Waals surface area contributed by atoms with Crippen molar-refractivity contribution in [2.75, 3.05) is 19.2 Å². The van der Waals surface area contributed by atoms with Crippen molar-refractivity contribution in [3.05, 3.63) is 53.1 Å². The smallest absolute Gasteiger partial charge is 0.339 e. The number of benzene rings is 2. The van der Waals surface area contributed by atoms with Gasteiger partial charge in [0, 0.05) is 0 Å². The maximum Gasteiger partial charge on any atom is 0.339 e. The number of anilines is 1. The number of carboxylic acids is 1. The fourth-order valence-electron chi connectivity index (χ4n) is 2.80. The first kappa shape index (κ1) is 19.0. The van der Waals surface area contributed by atoms with Crippen molar-refractivity contribution in [1.82, 2.24) is 0 Å². The van der Waals surface area contributed by atoms with E-state index in [-0.39, 0.29) is 17.0 Å². The summed E-state index contributed by atoms with van der Waals surface area (Å²) in [5.41, 5.74) is 1.49. The predicted octanol–water partition coefficient (Wildman–Crippen LogP) is 2.91. The number of carboxylic acid groups (broad SMARTS) is 1.